The average Bonchev–Trinajstić information content (AvgIpc) is 2.47. The van der Waals surface area contributed by atoms with Crippen LogP contribution in [0, 0.1) is 10.1 Å². The lowest BCUT2D eigenvalue weighted by molar-refractivity contribution is -0.483. The minimum atomic E-state index is -0.456. The molecular weight excluding hydrogens is 270 g/mol. The molecule has 2 aromatic rings. The van der Waals surface area contributed by atoms with Crippen molar-refractivity contribution in [1.82, 2.24) is 0 Å². The number of aromatic hydroxyl groups is 1. The molecule has 108 valence electrons. The number of carbonyl (C=O) groups excluding carboxylic acids is 1. The summed E-state index contributed by atoms with van der Waals surface area (Å²) in [6, 6.07) is 14.9. The van der Waals surface area contributed by atoms with E-state index < -0.39 is 10.8 Å². The molecule has 0 heterocycles. The fraction of sp³-hybridized carbons (Fsp3) is 0.188. The zero-order valence-electron chi connectivity index (χ0n) is 11.3. The molecule has 0 aliphatic heterocycles. The molecule has 0 aromatic heterocycles. The molecule has 0 aliphatic rings. The molecule has 0 fully saturated rings. The average molecular weight is 285 g/mol. The van der Waals surface area contributed by atoms with Crippen LogP contribution in [0.2, 0.25) is 0 Å². The lowest BCUT2D eigenvalue weighted by Gasteiger charge is -2.12. The zero-order chi connectivity index (χ0) is 15.2. The van der Waals surface area contributed by atoms with Gasteiger partial charge in [-0.05, 0) is 29.8 Å². The van der Waals surface area contributed by atoms with Gasteiger partial charge in [-0.25, -0.2) is 0 Å². The van der Waals surface area contributed by atoms with Crippen LogP contribution in [-0.4, -0.2) is 22.4 Å². The number of carbonyl (C=O) groups is 1. The van der Waals surface area contributed by atoms with Gasteiger partial charge in [-0.3, -0.25) is 14.9 Å². The Morgan fingerprint density at radius 3 is 2.29 bits per heavy atom. The smallest absolute Gasteiger partial charge is 0.211 e. The molecule has 0 amide bonds. The number of nitrogens with zero attached hydrogens (tertiary/aromatic N) is 1. The molecule has 0 saturated heterocycles. The van der Waals surface area contributed by atoms with Gasteiger partial charge in [-0.15, -0.1) is 0 Å². The van der Waals surface area contributed by atoms with Crippen molar-refractivity contribution in [3.8, 4) is 5.75 Å². The monoisotopic (exact) mass is 285 g/mol. The first-order chi connectivity index (χ1) is 10.1. The van der Waals surface area contributed by atoms with E-state index in [0.29, 0.717) is 5.56 Å². The molecule has 5 nitrogen and oxygen atoms in total. The van der Waals surface area contributed by atoms with Crippen LogP contribution >= 0.6 is 0 Å². The molecule has 0 radical (unpaired) electrons. The number of phenolic OH excluding ortho intramolecular Hbond substituents is 1. The second-order valence-electron chi connectivity index (χ2n) is 4.80. The Morgan fingerprint density at radius 1 is 1.10 bits per heavy atom. The van der Waals surface area contributed by atoms with Gasteiger partial charge >= 0.3 is 0 Å². The van der Waals surface area contributed by atoms with Crippen LogP contribution in [0.5, 0.6) is 5.75 Å². The Kier molecular flexibility index (Phi) is 4.66. The summed E-state index contributed by atoms with van der Waals surface area (Å²) in [7, 11) is 0. The van der Waals surface area contributed by atoms with Crippen LogP contribution in [0.1, 0.15) is 28.3 Å². The summed E-state index contributed by atoms with van der Waals surface area (Å²) in [5.74, 6) is -0.551. The third kappa shape index (κ3) is 4.14. The Bertz CT molecular complexity index is 622. The van der Waals surface area contributed by atoms with Gasteiger partial charge in [0.1, 0.15) is 5.75 Å². The highest BCUT2D eigenvalue weighted by atomic mass is 16.6. The molecule has 0 bridgehead atoms. The van der Waals surface area contributed by atoms with Crippen molar-refractivity contribution in [2.45, 2.75) is 12.3 Å². The van der Waals surface area contributed by atoms with Gasteiger partial charge in [-0.2, -0.15) is 0 Å². The molecule has 0 saturated carbocycles. The maximum atomic E-state index is 12.2. The van der Waals surface area contributed by atoms with E-state index in [1.165, 1.54) is 24.3 Å². The van der Waals surface area contributed by atoms with E-state index in [4.69, 9.17) is 0 Å². The molecular formula is C16H15NO4. The highest BCUT2D eigenvalue weighted by molar-refractivity contribution is 5.96. The zero-order valence-corrected chi connectivity index (χ0v) is 11.3. The number of ketones is 1. The number of hydrogen-bond donors (Lipinski definition) is 1. The van der Waals surface area contributed by atoms with Crippen molar-refractivity contribution in [2.75, 3.05) is 6.54 Å². The summed E-state index contributed by atoms with van der Waals surface area (Å²) in [6.45, 7) is -0.284. The van der Waals surface area contributed by atoms with Crippen molar-refractivity contribution in [3.63, 3.8) is 0 Å². The van der Waals surface area contributed by atoms with Crippen molar-refractivity contribution in [2.24, 2.45) is 0 Å². The van der Waals surface area contributed by atoms with Crippen LogP contribution in [0.15, 0.2) is 54.6 Å². The summed E-state index contributed by atoms with van der Waals surface area (Å²) in [5, 5.41) is 20.0. The van der Waals surface area contributed by atoms with Crippen molar-refractivity contribution in [3.05, 3.63) is 75.8 Å². The molecule has 21 heavy (non-hydrogen) atoms. The van der Waals surface area contributed by atoms with Crippen LogP contribution < -0.4 is 0 Å². The standard InChI is InChI=1S/C16H15NO4/c18-15-8-6-13(7-9-15)16(19)10-14(11-17(20)21)12-4-2-1-3-5-12/h1-9,14,18H,10-11H2. The molecule has 2 aromatic carbocycles. The topological polar surface area (TPSA) is 80.4 Å². The third-order valence-electron chi connectivity index (χ3n) is 3.26. The number of phenols is 1. The van der Waals surface area contributed by atoms with E-state index in [1.807, 2.05) is 6.07 Å². The first-order valence-electron chi connectivity index (χ1n) is 6.55. The Labute approximate surface area is 122 Å². The Hall–Kier alpha value is -2.69. The first-order valence-corrected chi connectivity index (χ1v) is 6.55. The van der Waals surface area contributed by atoms with E-state index >= 15 is 0 Å². The van der Waals surface area contributed by atoms with Crippen LogP contribution in [0.25, 0.3) is 0 Å². The van der Waals surface area contributed by atoms with Gasteiger partial charge in [0, 0.05) is 16.9 Å². The maximum Gasteiger partial charge on any atom is 0.211 e. The minimum Gasteiger partial charge on any atom is -0.508 e. The normalized spacial score (nSPS) is 11.8. The molecule has 1 unspecified atom stereocenters. The van der Waals surface area contributed by atoms with Crippen LogP contribution in [-0.2, 0) is 0 Å². The Morgan fingerprint density at radius 2 is 1.71 bits per heavy atom. The molecule has 5 heteroatoms. The highest BCUT2D eigenvalue weighted by Crippen LogP contribution is 2.22. The fourth-order valence-corrected chi connectivity index (χ4v) is 2.18. The van der Waals surface area contributed by atoms with Crippen molar-refractivity contribution < 1.29 is 14.8 Å². The van der Waals surface area contributed by atoms with E-state index in [0.717, 1.165) is 5.56 Å². The largest absolute Gasteiger partial charge is 0.508 e. The minimum absolute atomic E-state index is 0.0652. The molecule has 1 atom stereocenters. The number of Topliss-reactive ketones (excluding diaryl/α,β-unsaturated/α-hetero) is 1. The number of rotatable bonds is 6. The summed E-state index contributed by atoms with van der Waals surface area (Å²) in [5.41, 5.74) is 1.22. The van der Waals surface area contributed by atoms with E-state index in [1.54, 1.807) is 24.3 Å². The first kappa shape index (κ1) is 14.7. The van der Waals surface area contributed by atoms with Crippen molar-refractivity contribution >= 4 is 5.78 Å². The molecule has 0 spiro atoms. The van der Waals surface area contributed by atoms with E-state index in [-0.39, 0.29) is 24.5 Å². The molecule has 1 N–H and O–H groups in total. The van der Waals surface area contributed by atoms with E-state index in [2.05, 4.69) is 0 Å². The number of nitro groups is 1. The SMILES string of the molecule is O=C(CC(C[N+](=O)[O-])c1ccccc1)c1ccc(O)cc1. The number of benzene rings is 2. The number of hydrogen-bond acceptors (Lipinski definition) is 4. The summed E-state index contributed by atoms with van der Waals surface area (Å²) in [4.78, 5) is 22.6. The van der Waals surface area contributed by atoms with Crippen LogP contribution in [0.4, 0.5) is 0 Å². The fourth-order valence-electron chi connectivity index (χ4n) is 2.18. The maximum absolute atomic E-state index is 12.2. The summed E-state index contributed by atoms with van der Waals surface area (Å²) < 4.78 is 0. The highest BCUT2D eigenvalue weighted by Gasteiger charge is 2.22. The van der Waals surface area contributed by atoms with Gasteiger partial charge in [0.05, 0.1) is 5.92 Å². The lowest BCUT2D eigenvalue weighted by Crippen LogP contribution is -2.16. The lowest BCUT2D eigenvalue weighted by atomic mass is 9.91. The quantitative estimate of drug-likeness (QED) is 0.502. The van der Waals surface area contributed by atoms with Gasteiger partial charge in [0.2, 0.25) is 6.54 Å². The predicted molar refractivity (Wildman–Crippen MR) is 78.1 cm³/mol. The van der Waals surface area contributed by atoms with Gasteiger partial charge in [0.15, 0.2) is 5.78 Å². The molecule has 0 aliphatic carbocycles. The van der Waals surface area contributed by atoms with Gasteiger partial charge in [-0.1, -0.05) is 30.3 Å². The predicted octanol–water partition coefficient (Wildman–Crippen LogP) is 3.03. The summed E-state index contributed by atoms with van der Waals surface area (Å²) in [6.07, 6.45) is 0.0652. The third-order valence-corrected chi connectivity index (χ3v) is 3.26. The van der Waals surface area contributed by atoms with E-state index in [9.17, 15) is 20.0 Å². The summed E-state index contributed by atoms with van der Waals surface area (Å²) >= 11 is 0. The second kappa shape index (κ2) is 6.65. The second-order valence-corrected chi connectivity index (χ2v) is 4.80. The van der Waals surface area contributed by atoms with Crippen molar-refractivity contribution in [1.29, 1.82) is 0 Å². The van der Waals surface area contributed by atoms with Gasteiger partial charge < -0.3 is 5.11 Å². The van der Waals surface area contributed by atoms with Gasteiger partial charge in [0.25, 0.3) is 0 Å². The molecule has 2 rings (SSSR count). The van der Waals surface area contributed by atoms with Crippen LogP contribution in [0.3, 0.4) is 0 Å². The Balaban J connectivity index is 2.17.